The summed E-state index contributed by atoms with van der Waals surface area (Å²) in [6.07, 6.45) is 13.1. The summed E-state index contributed by atoms with van der Waals surface area (Å²) < 4.78 is 0. The van der Waals surface area contributed by atoms with Crippen LogP contribution in [0.25, 0.3) is 0 Å². The predicted octanol–water partition coefficient (Wildman–Crippen LogP) is 4.54. The molecule has 0 spiro atoms. The molecule has 0 unspecified atom stereocenters. The first-order valence-electron chi connectivity index (χ1n) is 6.89. The Hall–Kier alpha value is -1.96. The Bertz CT molecular complexity index is 448. The van der Waals surface area contributed by atoms with Crippen LogP contribution in [0, 0.1) is 0 Å². The molecule has 0 amide bonds. The highest BCUT2D eigenvalue weighted by Gasteiger charge is 2.02. The van der Waals surface area contributed by atoms with E-state index in [9.17, 15) is 0 Å². The van der Waals surface area contributed by atoms with Crippen molar-refractivity contribution in [2.24, 2.45) is 0 Å². The molecule has 0 aliphatic rings. The highest BCUT2D eigenvalue weighted by molar-refractivity contribution is 5.46. The Morgan fingerprint density at radius 2 is 1.80 bits per heavy atom. The van der Waals surface area contributed by atoms with E-state index in [-0.39, 0.29) is 0 Å². The van der Waals surface area contributed by atoms with Gasteiger partial charge in [-0.05, 0) is 44.2 Å². The van der Waals surface area contributed by atoms with Crippen LogP contribution in [-0.4, -0.2) is 19.0 Å². The van der Waals surface area contributed by atoms with Crippen molar-refractivity contribution in [1.82, 2.24) is 10.2 Å². The Morgan fingerprint density at radius 3 is 2.20 bits per heavy atom. The van der Waals surface area contributed by atoms with Gasteiger partial charge in [0.15, 0.2) is 0 Å². The number of nitrogens with one attached hydrogen (secondary N) is 1. The minimum absolute atomic E-state index is 0.854. The zero-order chi connectivity index (χ0) is 15.5. The Morgan fingerprint density at radius 1 is 1.15 bits per heavy atom. The maximum Gasteiger partial charge on any atom is 0.0166 e. The van der Waals surface area contributed by atoms with Crippen LogP contribution >= 0.6 is 0 Å². The van der Waals surface area contributed by atoms with Gasteiger partial charge < -0.3 is 10.2 Å². The molecule has 0 heterocycles. The summed E-state index contributed by atoms with van der Waals surface area (Å²) >= 11 is 0. The number of hydrogen-bond acceptors (Lipinski definition) is 2. The molecule has 0 aliphatic heterocycles. The van der Waals surface area contributed by atoms with Crippen LogP contribution in [0.5, 0.6) is 0 Å². The third kappa shape index (κ3) is 5.79. The molecule has 0 fully saturated rings. The first kappa shape index (κ1) is 18.0. The Balaban J connectivity index is 5.38. The molecule has 0 rings (SSSR count). The van der Waals surface area contributed by atoms with Gasteiger partial charge in [-0.3, -0.25) is 0 Å². The van der Waals surface area contributed by atoms with Gasteiger partial charge in [0.25, 0.3) is 0 Å². The van der Waals surface area contributed by atoms with Crippen molar-refractivity contribution in [2.75, 3.05) is 14.1 Å². The van der Waals surface area contributed by atoms with Crippen LogP contribution in [0.2, 0.25) is 0 Å². The second-order valence-electron chi connectivity index (χ2n) is 4.46. The van der Waals surface area contributed by atoms with Crippen molar-refractivity contribution in [1.29, 1.82) is 0 Å². The fraction of sp³-hybridized carbons (Fsp3) is 0.333. The third-order valence-electron chi connectivity index (χ3n) is 3.22. The van der Waals surface area contributed by atoms with Crippen molar-refractivity contribution < 1.29 is 0 Å². The smallest absolute Gasteiger partial charge is 0.0166 e. The Kier molecular flexibility index (Phi) is 8.93. The zero-order valence-corrected chi connectivity index (χ0v) is 13.5. The molecule has 0 aromatic carbocycles. The standard InChI is InChI=1S/C18H28N2/c1-8-16(9-2)17(14-15(5)19-6)12-13-18(10-3)20(7)11-4/h8-12,14,19H,1,4,13H2,2-3,5-7H3/b15-14+,16-9-,17-12-,18-10-. The topological polar surface area (TPSA) is 15.3 Å². The molecule has 0 atom stereocenters. The summed E-state index contributed by atoms with van der Waals surface area (Å²) in [5, 5.41) is 3.15. The second kappa shape index (κ2) is 9.90. The molecule has 2 heteroatoms. The van der Waals surface area contributed by atoms with Crippen molar-refractivity contribution in [2.45, 2.75) is 27.2 Å². The molecule has 110 valence electrons. The molecule has 0 aromatic rings. The van der Waals surface area contributed by atoms with Crippen LogP contribution in [-0.2, 0) is 0 Å². The van der Waals surface area contributed by atoms with E-state index in [4.69, 9.17) is 0 Å². The highest BCUT2D eigenvalue weighted by Crippen LogP contribution is 2.18. The number of rotatable bonds is 8. The first-order valence-corrected chi connectivity index (χ1v) is 6.89. The maximum atomic E-state index is 3.88. The highest BCUT2D eigenvalue weighted by atomic mass is 15.1. The molecule has 20 heavy (non-hydrogen) atoms. The first-order chi connectivity index (χ1) is 9.53. The van der Waals surface area contributed by atoms with E-state index in [1.807, 2.05) is 45.1 Å². The summed E-state index contributed by atoms with van der Waals surface area (Å²) in [7, 11) is 3.93. The van der Waals surface area contributed by atoms with Crippen LogP contribution in [0.15, 0.2) is 72.3 Å². The molecule has 1 N–H and O–H groups in total. The summed E-state index contributed by atoms with van der Waals surface area (Å²) in [4.78, 5) is 2.03. The van der Waals surface area contributed by atoms with Crippen LogP contribution in [0.4, 0.5) is 0 Å². The normalized spacial score (nSPS) is 14.1. The molecule has 0 aliphatic carbocycles. The van der Waals surface area contributed by atoms with Gasteiger partial charge in [0, 0.05) is 31.9 Å². The van der Waals surface area contributed by atoms with Crippen molar-refractivity contribution >= 4 is 0 Å². The van der Waals surface area contributed by atoms with Crippen molar-refractivity contribution in [3.8, 4) is 0 Å². The molecular formula is C18H28N2. The average Bonchev–Trinajstić information content (AvgIpc) is 2.47. The second-order valence-corrected chi connectivity index (χ2v) is 4.46. The van der Waals surface area contributed by atoms with Gasteiger partial charge in [-0.25, -0.2) is 0 Å². The van der Waals surface area contributed by atoms with Gasteiger partial charge in [0.2, 0.25) is 0 Å². The fourth-order valence-corrected chi connectivity index (χ4v) is 1.77. The van der Waals surface area contributed by atoms with E-state index < -0.39 is 0 Å². The summed E-state index contributed by atoms with van der Waals surface area (Å²) in [5.74, 6) is 0. The van der Waals surface area contributed by atoms with E-state index in [1.165, 1.54) is 11.3 Å². The lowest BCUT2D eigenvalue weighted by atomic mass is 10.0. The summed E-state index contributed by atoms with van der Waals surface area (Å²) in [5.41, 5.74) is 4.64. The monoisotopic (exact) mass is 272 g/mol. The molecule has 2 nitrogen and oxygen atoms in total. The number of nitrogens with zero attached hydrogens (tertiary/aromatic N) is 1. The minimum Gasteiger partial charge on any atom is -0.392 e. The van der Waals surface area contributed by atoms with Crippen LogP contribution in [0.1, 0.15) is 27.2 Å². The Labute approximate surface area is 124 Å². The number of hydrogen-bond donors (Lipinski definition) is 1. The third-order valence-corrected chi connectivity index (χ3v) is 3.22. The minimum atomic E-state index is 0.854. The zero-order valence-electron chi connectivity index (χ0n) is 13.5. The summed E-state index contributed by atoms with van der Waals surface area (Å²) in [6, 6.07) is 0. The molecule has 0 saturated heterocycles. The van der Waals surface area contributed by atoms with E-state index in [1.54, 1.807) is 0 Å². The van der Waals surface area contributed by atoms with Gasteiger partial charge in [0.1, 0.15) is 0 Å². The van der Waals surface area contributed by atoms with Crippen molar-refractivity contribution in [3.05, 3.63) is 72.3 Å². The SMILES string of the molecule is C=CC(=C/C)/C(=C\C/C(=C/C)N(C)C=C)/C=C(\C)NC. The molecular weight excluding hydrogens is 244 g/mol. The number of allylic oxidation sites excluding steroid dienone is 8. The van der Waals surface area contributed by atoms with Crippen molar-refractivity contribution in [3.63, 3.8) is 0 Å². The molecule has 0 bridgehead atoms. The predicted molar refractivity (Wildman–Crippen MR) is 91.2 cm³/mol. The molecule has 0 radical (unpaired) electrons. The quantitative estimate of drug-likeness (QED) is 0.653. The van der Waals surface area contributed by atoms with Gasteiger partial charge >= 0.3 is 0 Å². The average molecular weight is 272 g/mol. The van der Waals surface area contributed by atoms with E-state index in [0.717, 1.165) is 17.7 Å². The fourth-order valence-electron chi connectivity index (χ4n) is 1.77. The van der Waals surface area contributed by atoms with Gasteiger partial charge in [-0.1, -0.05) is 37.5 Å². The van der Waals surface area contributed by atoms with Gasteiger partial charge in [0.05, 0.1) is 0 Å². The van der Waals surface area contributed by atoms with E-state index in [2.05, 4.69) is 49.7 Å². The van der Waals surface area contributed by atoms with Gasteiger partial charge in [-0.15, -0.1) is 0 Å². The van der Waals surface area contributed by atoms with Gasteiger partial charge in [-0.2, -0.15) is 0 Å². The largest absolute Gasteiger partial charge is 0.392 e. The van der Waals surface area contributed by atoms with Crippen LogP contribution < -0.4 is 5.32 Å². The molecule has 0 aromatic heterocycles. The maximum absolute atomic E-state index is 3.88. The van der Waals surface area contributed by atoms with Crippen LogP contribution in [0.3, 0.4) is 0 Å². The van der Waals surface area contributed by atoms with E-state index >= 15 is 0 Å². The lowest BCUT2D eigenvalue weighted by molar-refractivity contribution is 0.555. The van der Waals surface area contributed by atoms with E-state index in [0.29, 0.717) is 0 Å². The lowest BCUT2D eigenvalue weighted by Crippen LogP contribution is -2.09. The summed E-state index contributed by atoms with van der Waals surface area (Å²) in [6.45, 7) is 13.8. The molecule has 0 saturated carbocycles. The lowest BCUT2D eigenvalue weighted by Gasteiger charge is -2.17.